The average Bonchev–Trinajstić information content (AvgIpc) is 2.16. The average molecular weight is 202 g/mol. The first-order valence-corrected chi connectivity index (χ1v) is 5.50. The van der Waals surface area contributed by atoms with Gasteiger partial charge in [-0.3, -0.25) is 0 Å². The second-order valence-electron chi connectivity index (χ2n) is 5.18. The van der Waals surface area contributed by atoms with E-state index in [1.165, 1.54) is 0 Å². The van der Waals surface area contributed by atoms with Gasteiger partial charge < -0.3 is 10.2 Å². The van der Waals surface area contributed by atoms with E-state index in [4.69, 9.17) is 5.11 Å². The van der Waals surface area contributed by atoms with Gasteiger partial charge in [0.15, 0.2) is 0 Å². The van der Waals surface area contributed by atoms with Crippen LogP contribution >= 0.6 is 0 Å². The van der Waals surface area contributed by atoms with E-state index in [1.807, 2.05) is 0 Å². The molecule has 2 unspecified atom stereocenters. The van der Waals surface area contributed by atoms with E-state index in [9.17, 15) is 5.11 Å². The first-order chi connectivity index (χ1) is 6.37. The van der Waals surface area contributed by atoms with Crippen molar-refractivity contribution in [3.8, 4) is 0 Å². The third kappa shape index (κ3) is 2.48. The Kier molecular flexibility index (Phi) is 5.10. The minimum absolute atomic E-state index is 0.0915. The summed E-state index contributed by atoms with van der Waals surface area (Å²) in [6.45, 7) is 11.3. The smallest absolute Gasteiger partial charge is 0.0573 e. The number of rotatable bonds is 0. The van der Waals surface area contributed by atoms with E-state index >= 15 is 0 Å². The Bertz CT molecular complexity index is 150. The SMILES string of the molecule is CC1CC(O)[C@H](C)C(C)(C)[C@@H]1C.CO. The van der Waals surface area contributed by atoms with Crippen LogP contribution in [-0.2, 0) is 0 Å². The molecule has 1 fully saturated rings. The molecular weight excluding hydrogens is 176 g/mol. The normalized spacial score (nSPS) is 41.1. The molecule has 2 nitrogen and oxygen atoms in total. The molecule has 0 radical (unpaired) electrons. The molecule has 1 aliphatic carbocycles. The van der Waals surface area contributed by atoms with Crippen LogP contribution in [0.15, 0.2) is 0 Å². The summed E-state index contributed by atoms with van der Waals surface area (Å²) in [4.78, 5) is 0. The van der Waals surface area contributed by atoms with Crippen molar-refractivity contribution in [2.45, 2.75) is 47.1 Å². The van der Waals surface area contributed by atoms with Gasteiger partial charge in [-0.1, -0.05) is 34.6 Å². The summed E-state index contributed by atoms with van der Waals surface area (Å²) in [5.41, 5.74) is 0.289. The lowest BCUT2D eigenvalue weighted by atomic mass is 9.59. The molecule has 0 saturated heterocycles. The Labute approximate surface area is 88.3 Å². The molecule has 0 aliphatic heterocycles. The van der Waals surface area contributed by atoms with Gasteiger partial charge in [-0.25, -0.2) is 0 Å². The van der Waals surface area contributed by atoms with Crippen LogP contribution in [-0.4, -0.2) is 23.4 Å². The monoisotopic (exact) mass is 202 g/mol. The molecule has 4 atom stereocenters. The van der Waals surface area contributed by atoms with Gasteiger partial charge in [-0.05, 0) is 29.6 Å². The minimum Gasteiger partial charge on any atom is -0.400 e. The Hall–Kier alpha value is -0.0800. The molecule has 2 N–H and O–H groups in total. The first-order valence-electron chi connectivity index (χ1n) is 5.50. The molecule has 1 rings (SSSR count). The summed E-state index contributed by atoms with van der Waals surface area (Å²) >= 11 is 0. The highest BCUT2D eigenvalue weighted by Gasteiger charge is 2.43. The van der Waals surface area contributed by atoms with Crippen molar-refractivity contribution in [1.29, 1.82) is 0 Å². The van der Waals surface area contributed by atoms with Gasteiger partial charge in [0.25, 0.3) is 0 Å². The minimum atomic E-state index is -0.0915. The van der Waals surface area contributed by atoms with Gasteiger partial charge in [0.1, 0.15) is 0 Å². The van der Waals surface area contributed by atoms with Crippen molar-refractivity contribution in [1.82, 2.24) is 0 Å². The molecule has 0 spiro atoms. The van der Waals surface area contributed by atoms with Crippen molar-refractivity contribution in [2.75, 3.05) is 7.11 Å². The van der Waals surface area contributed by atoms with Gasteiger partial charge in [0.2, 0.25) is 0 Å². The molecule has 2 heteroatoms. The lowest BCUT2D eigenvalue weighted by Crippen LogP contribution is -2.45. The van der Waals surface area contributed by atoms with Gasteiger partial charge >= 0.3 is 0 Å². The molecule has 86 valence electrons. The summed E-state index contributed by atoms with van der Waals surface area (Å²) in [7, 11) is 1.00. The maximum atomic E-state index is 9.80. The summed E-state index contributed by atoms with van der Waals surface area (Å²) in [5, 5.41) is 16.8. The van der Waals surface area contributed by atoms with Crippen molar-refractivity contribution in [3.63, 3.8) is 0 Å². The number of hydrogen-bond acceptors (Lipinski definition) is 2. The highest BCUT2D eigenvalue weighted by molar-refractivity contribution is 4.92. The summed E-state index contributed by atoms with van der Waals surface area (Å²) in [6, 6.07) is 0. The van der Waals surface area contributed by atoms with Crippen LogP contribution in [0, 0.1) is 23.2 Å². The fourth-order valence-electron chi connectivity index (χ4n) is 2.43. The molecule has 0 heterocycles. The second kappa shape index (κ2) is 5.13. The Balaban J connectivity index is 0.000000791. The predicted molar refractivity (Wildman–Crippen MR) is 60.0 cm³/mol. The van der Waals surface area contributed by atoms with E-state index < -0.39 is 0 Å². The third-order valence-electron chi connectivity index (χ3n) is 4.39. The molecule has 0 aromatic carbocycles. The van der Waals surface area contributed by atoms with Gasteiger partial charge in [0, 0.05) is 7.11 Å². The fourth-order valence-corrected chi connectivity index (χ4v) is 2.43. The lowest BCUT2D eigenvalue weighted by Gasteiger charge is -2.48. The van der Waals surface area contributed by atoms with Gasteiger partial charge in [-0.15, -0.1) is 0 Å². The molecule has 0 amide bonds. The maximum absolute atomic E-state index is 9.80. The summed E-state index contributed by atoms with van der Waals surface area (Å²) in [6.07, 6.45) is 0.886. The Morgan fingerprint density at radius 1 is 1.00 bits per heavy atom. The van der Waals surface area contributed by atoms with Crippen LogP contribution in [0.5, 0.6) is 0 Å². The van der Waals surface area contributed by atoms with Gasteiger partial charge in [-0.2, -0.15) is 0 Å². The molecule has 14 heavy (non-hydrogen) atoms. The summed E-state index contributed by atoms with van der Waals surface area (Å²) < 4.78 is 0. The van der Waals surface area contributed by atoms with Crippen molar-refractivity contribution in [3.05, 3.63) is 0 Å². The predicted octanol–water partition coefficient (Wildman–Crippen LogP) is 2.29. The third-order valence-corrected chi connectivity index (χ3v) is 4.39. The maximum Gasteiger partial charge on any atom is 0.0573 e. The fraction of sp³-hybridized carbons (Fsp3) is 1.00. The van der Waals surface area contributed by atoms with Gasteiger partial charge in [0.05, 0.1) is 6.10 Å². The van der Waals surface area contributed by atoms with Crippen LogP contribution in [0.25, 0.3) is 0 Å². The van der Waals surface area contributed by atoms with Crippen molar-refractivity contribution < 1.29 is 10.2 Å². The zero-order valence-corrected chi connectivity index (χ0v) is 10.4. The molecule has 1 aliphatic rings. The number of hydrogen-bond donors (Lipinski definition) is 2. The van der Waals surface area contributed by atoms with Crippen LogP contribution in [0.3, 0.4) is 0 Å². The van der Waals surface area contributed by atoms with Crippen LogP contribution < -0.4 is 0 Å². The number of aliphatic hydroxyl groups is 2. The van der Waals surface area contributed by atoms with E-state index in [0.29, 0.717) is 11.8 Å². The lowest BCUT2D eigenvalue weighted by molar-refractivity contribution is -0.0593. The first kappa shape index (κ1) is 13.9. The van der Waals surface area contributed by atoms with E-state index in [0.717, 1.165) is 19.4 Å². The van der Waals surface area contributed by atoms with E-state index in [-0.39, 0.29) is 11.5 Å². The highest BCUT2D eigenvalue weighted by Crippen LogP contribution is 2.47. The largest absolute Gasteiger partial charge is 0.400 e. The topological polar surface area (TPSA) is 40.5 Å². The zero-order chi connectivity index (χ0) is 11.5. The molecule has 0 aromatic rings. The second-order valence-corrected chi connectivity index (χ2v) is 5.18. The number of aliphatic hydroxyl groups excluding tert-OH is 2. The summed E-state index contributed by atoms with van der Waals surface area (Å²) in [5.74, 6) is 1.81. The van der Waals surface area contributed by atoms with E-state index in [1.54, 1.807) is 0 Å². The quantitative estimate of drug-likeness (QED) is 0.633. The molecular formula is C12H26O2. The zero-order valence-electron chi connectivity index (χ0n) is 10.4. The highest BCUT2D eigenvalue weighted by atomic mass is 16.3. The Morgan fingerprint density at radius 2 is 1.43 bits per heavy atom. The molecule has 0 aromatic heterocycles. The molecule has 1 saturated carbocycles. The molecule has 0 bridgehead atoms. The van der Waals surface area contributed by atoms with Crippen molar-refractivity contribution >= 4 is 0 Å². The van der Waals surface area contributed by atoms with E-state index in [2.05, 4.69) is 34.6 Å². The Morgan fingerprint density at radius 3 is 1.86 bits per heavy atom. The van der Waals surface area contributed by atoms with Crippen LogP contribution in [0.2, 0.25) is 0 Å². The van der Waals surface area contributed by atoms with Crippen molar-refractivity contribution in [2.24, 2.45) is 23.2 Å². The van der Waals surface area contributed by atoms with Crippen LogP contribution in [0.4, 0.5) is 0 Å². The van der Waals surface area contributed by atoms with Crippen LogP contribution in [0.1, 0.15) is 41.0 Å². The standard InChI is InChI=1S/C11H22O.CH4O/c1-7-6-10(12)9(3)11(4,5)8(7)2;1-2/h7-10,12H,6H2,1-5H3;2H,1H3/t7?,8-,9+,10?;/m1./s1.